The second-order valence-electron chi connectivity index (χ2n) is 6.20. The first kappa shape index (κ1) is 19.6. The standard InChI is InChI=1S/C19H21ClF2N2OS/c20-14-5-7-15(8-6-14)26-17-4-2-1-3-16(17)18(19(21,22)13-25)24-11-9-23-10-12-24/h1-8,18,23,25H,9-13H2/t18-/m0/s1. The highest BCUT2D eigenvalue weighted by Gasteiger charge is 2.44. The van der Waals surface area contributed by atoms with Crippen molar-refractivity contribution in [1.29, 1.82) is 0 Å². The van der Waals surface area contributed by atoms with Gasteiger partial charge in [0.1, 0.15) is 12.6 Å². The third-order valence-electron chi connectivity index (χ3n) is 4.38. The third-order valence-corrected chi connectivity index (χ3v) is 5.73. The molecule has 7 heteroatoms. The Morgan fingerprint density at radius 3 is 2.42 bits per heavy atom. The van der Waals surface area contributed by atoms with Crippen LogP contribution in [0.3, 0.4) is 0 Å². The molecule has 1 fully saturated rings. The number of benzene rings is 2. The summed E-state index contributed by atoms with van der Waals surface area (Å²) in [5.74, 6) is -3.23. The Morgan fingerprint density at radius 2 is 1.77 bits per heavy atom. The fraction of sp³-hybridized carbons (Fsp3) is 0.368. The zero-order chi connectivity index (χ0) is 18.6. The lowest BCUT2D eigenvalue weighted by Crippen LogP contribution is -2.51. The quantitative estimate of drug-likeness (QED) is 0.769. The Morgan fingerprint density at radius 1 is 1.12 bits per heavy atom. The lowest BCUT2D eigenvalue weighted by molar-refractivity contribution is -0.119. The van der Waals surface area contributed by atoms with Crippen LogP contribution in [0.5, 0.6) is 0 Å². The third kappa shape index (κ3) is 4.56. The molecule has 3 rings (SSSR count). The van der Waals surface area contributed by atoms with Gasteiger partial charge in [-0.1, -0.05) is 41.6 Å². The molecule has 0 amide bonds. The molecule has 26 heavy (non-hydrogen) atoms. The van der Waals surface area contributed by atoms with Crippen molar-refractivity contribution < 1.29 is 13.9 Å². The molecule has 0 aromatic heterocycles. The van der Waals surface area contributed by atoms with Gasteiger partial charge >= 0.3 is 0 Å². The molecule has 0 spiro atoms. The molecule has 1 saturated heterocycles. The van der Waals surface area contributed by atoms with E-state index in [0.29, 0.717) is 36.8 Å². The molecule has 0 aliphatic carbocycles. The van der Waals surface area contributed by atoms with E-state index in [1.54, 1.807) is 29.2 Å². The monoisotopic (exact) mass is 398 g/mol. The van der Waals surface area contributed by atoms with Gasteiger partial charge in [0.05, 0.1) is 0 Å². The van der Waals surface area contributed by atoms with Crippen LogP contribution in [0.25, 0.3) is 0 Å². The second-order valence-corrected chi connectivity index (χ2v) is 7.75. The molecular weight excluding hydrogens is 378 g/mol. The molecule has 0 unspecified atom stereocenters. The Kier molecular flexibility index (Phi) is 6.53. The minimum atomic E-state index is -3.23. The maximum atomic E-state index is 14.7. The Bertz CT molecular complexity index is 724. The van der Waals surface area contributed by atoms with E-state index in [1.165, 1.54) is 11.8 Å². The number of hydrogen-bond donors (Lipinski definition) is 2. The zero-order valence-corrected chi connectivity index (χ0v) is 15.7. The molecule has 1 aliphatic rings. The number of aliphatic hydroxyl groups excluding tert-OH is 1. The van der Waals surface area contributed by atoms with Gasteiger partial charge in [-0.2, -0.15) is 0 Å². The highest BCUT2D eigenvalue weighted by Crippen LogP contribution is 2.42. The van der Waals surface area contributed by atoms with Gasteiger partial charge in [-0.25, -0.2) is 8.78 Å². The summed E-state index contributed by atoms with van der Waals surface area (Å²) in [5, 5.41) is 13.2. The Balaban J connectivity index is 1.97. The number of hydrogen-bond acceptors (Lipinski definition) is 4. The van der Waals surface area contributed by atoms with Crippen molar-refractivity contribution in [2.75, 3.05) is 32.8 Å². The van der Waals surface area contributed by atoms with Gasteiger partial charge in [0.15, 0.2) is 0 Å². The number of rotatable bonds is 6. The molecule has 2 aromatic rings. The highest BCUT2D eigenvalue weighted by molar-refractivity contribution is 7.99. The van der Waals surface area contributed by atoms with Crippen molar-refractivity contribution in [3.8, 4) is 0 Å². The molecule has 0 saturated carbocycles. The van der Waals surface area contributed by atoms with Crippen molar-refractivity contribution in [2.45, 2.75) is 21.8 Å². The van der Waals surface area contributed by atoms with Crippen LogP contribution in [0.2, 0.25) is 5.02 Å². The zero-order valence-electron chi connectivity index (χ0n) is 14.2. The van der Waals surface area contributed by atoms with Crippen LogP contribution in [0.4, 0.5) is 8.78 Å². The molecule has 2 N–H and O–H groups in total. The topological polar surface area (TPSA) is 35.5 Å². The van der Waals surface area contributed by atoms with E-state index >= 15 is 0 Å². The van der Waals surface area contributed by atoms with E-state index in [1.807, 2.05) is 24.3 Å². The summed E-state index contributed by atoms with van der Waals surface area (Å²) in [7, 11) is 0. The molecule has 1 aliphatic heterocycles. The largest absolute Gasteiger partial charge is 0.390 e. The molecule has 3 nitrogen and oxygen atoms in total. The van der Waals surface area contributed by atoms with Crippen molar-refractivity contribution >= 4 is 23.4 Å². The Hall–Kier alpha value is -1.18. The fourth-order valence-corrected chi connectivity index (χ4v) is 4.24. The van der Waals surface area contributed by atoms with Crippen molar-refractivity contribution in [1.82, 2.24) is 10.2 Å². The van der Waals surface area contributed by atoms with E-state index in [9.17, 15) is 13.9 Å². The van der Waals surface area contributed by atoms with Crippen LogP contribution in [0, 0.1) is 0 Å². The summed E-state index contributed by atoms with van der Waals surface area (Å²) in [4.78, 5) is 3.44. The van der Waals surface area contributed by atoms with Crippen LogP contribution < -0.4 is 5.32 Å². The van der Waals surface area contributed by atoms with Crippen molar-refractivity contribution in [3.63, 3.8) is 0 Å². The van der Waals surface area contributed by atoms with E-state index in [-0.39, 0.29) is 0 Å². The van der Waals surface area contributed by atoms with Gasteiger partial charge in [-0.15, -0.1) is 0 Å². The van der Waals surface area contributed by atoms with Crippen molar-refractivity contribution in [3.05, 3.63) is 59.1 Å². The number of nitrogens with one attached hydrogen (secondary N) is 1. The average Bonchev–Trinajstić information content (AvgIpc) is 2.66. The first-order chi connectivity index (χ1) is 12.5. The molecule has 0 radical (unpaired) electrons. The lowest BCUT2D eigenvalue weighted by Gasteiger charge is -2.39. The number of alkyl halides is 2. The normalized spacial score (nSPS) is 17.2. The average molecular weight is 399 g/mol. The maximum absolute atomic E-state index is 14.7. The number of nitrogens with zero attached hydrogens (tertiary/aromatic N) is 1. The molecule has 0 bridgehead atoms. The molecular formula is C19H21ClF2N2OS. The van der Waals surface area contributed by atoms with E-state index in [4.69, 9.17) is 11.6 Å². The summed E-state index contributed by atoms with van der Waals surface area (Å²) < 4.78 is 29.4. The first-order valence-corrected chi connectivity index (χ1v) is 9.66. The van der Waals surface area contributed by atoms with E-state index in [0.717, 1.165) is 9.79 Å². The van der Waals surface area contributed by atoms with Gasteiger partial charge in [0.25, 0.3) is 5.92 Å². The highest BCUT2D eigenvalue weighted by atomic mass is 35.5. The van der Waals surface area contributed by atoms with Gasteiger partial charge < -0.3 is 10.4 Å². The molecule has 2 aromatic carbocycles. The number of halogens is 3. The summed E-state index contributed by atoms with van der Waals surface area (Å²) in [6, 6.07) is 13.3. The van der Waals surface area contributed by atoms with Gasteiger partial charge in [-0.3, -0.25) is 4.90 Å². The second kappa shape index (κ2) is 8.67. The van der Waals surface area contributed by atoms with Crippen LogP contribution >= 0.6 is 23.4 Å². The summed E-state index contributed by atoms with van der Waals surface area (Å²) in [6.07, 6.45) is 0. The van der Waals surface area contributed by atoms with Crippen LogP contribution in [-0.4, -0.2) is 48.7 Å². The first-order valence-electron chi connectivity index (χ1n) is 8.47. The van der Waals surface area contributed by atoms with Gasteiger partial charge in [0, 0.05) is 41.0 Å². The van der Waals surface area contributed by atoms with Gasteiger partial charge in [-0.05, 0) is 35.9 Å². The fourth-order valence-electron chi connectivity index (χ4n) is 3.15. The summed E-state index contributed by atoms with van der Waals surface area (Å²) in [6.45, 7) is 1.16. The Labute approximate surface area is 161 Å². The van der Waals surface area contributed by atoms with Crippen LogP contribution in [0.15, 0.2) is 58.3 Å². The minimum absolute atomic E-state index is 0.514. The number of aliphatic hydroxyl groups is 1. The predicted molar refractivity (Wildman–Crippen MR) is 101 cm³/mol. The van der Waals surface area contributed by atoms with E-state index < -0.39 is 18.6 Å². The van der Waals surface area contributed by atoms with Crippen LogP contribution in [0.1, 0.15) is 11.6 Å². The smallest absolute Gasteiger partial charge is 0.289 e. The molecule has 1 atom stereocenters. The van der Waals surface area contributed by atoms with Crippen molar-refractivity contribution in [2.24, 2.45) is 0 Å². The van der Waals surface area contributed by atoms with Crippen LogP contribution in [-0.2, 0) is 0 Å². The summed E-state index contributed by atoms with van der Waals surface area (Å²) >= 11 is 7.35. The van der Waals surface area contributed by atoms with Gasteiger partial charge in [0.2, 0.25) is 0 Å². The predicted octanol–water partition coefficient (Wildman–Crippen LogP) is 4.07. The minimum Gasteiger partial charge on any atom is -0.390 e. The number of piperazine rings is 1. The summed E-state index contributed by atoms with van der Waals surface area (Å²) in [5.41, 5.74) is 0.536. The lowest BCUT2D eigenvalue weighted by atomic mass is 9.98. The molecule has 140 valence electrons. The SMILES string of the molecule is OCC(F)(F)[C@H](c1ccccc1Sc1ccc(Cl)cc1)N1CCNCC1. The maximum Gasteiger partial charge on any atom is 0.289 e. The van der Waals surface area contributed by atoms with E-state index in [2.05, 4.69) is 5.32 Å². The molecule has 1 heterocycles.